The Hall–Kier alpha value is -3.92. The van der Waals surface area contributed by atoms with Crippen molar-refractivity contribution in [3.63, 3.8) is 0 Å². The third-order valence-electron chi connectivity index (χ3n) is 5.74. The minimum absolute atomic E-state index is 0.170. The van der Waals surface area contributed by atoms with Crippen LogP contribution in [0.4, 0.5) is 0 Å². The Bertz CT molecular complexity index is 1510. The fourth-order valence-corrected chi connectivity index (χ4v) is 4.12. The van der Waals surface area contributed by atoms with Gasteiger partial charge in [0.25, 0.3) is 11.5 Å². The van der Waals surface area contributed by atoms with Crippen molar-refractivity contribution < 1.29 is 9.21 Å². The summed E-state index contributed by atoms with van der Waals surface area (Å²) in [6.45, 7) is -0.182. The first-order valence-corrected chi connectivity index (χ1v) is 10.5. The second-order valence-corrected chi connectivity index (χ2v) is 8.21. The van der Waals surface area contributed by atoms with Crippen LogP contribution in [0.3, 0.4) is 0 Å². The number of carbonyl (C=O) groups is 1. The molecule has 10 nitrogen and oxygen atoms in total. The summed E-state index contributed by atoms with van der Waals surface area (Å²) in [5, 5.41) is 6.57. The number of amides is 1. The molecular formula is C22H19ClN6O4. The Labute approximate surface area is 191 Å². The van der Waals surface area contributed by atoms with E-state index in [-0.39, 0.29) is 23.6 Å². The van der Waals surface area contributed by atoms with E-state index in [1.54, 1.807) is 30.5 Å². The Kier molecular flexibility index (Phi) is 5.01. The van der Waals surface area contributed by atoms with Gasteiger partial charge in [-0.15, -0.1) is 0 Å². The number of rotatable bonds is 4. The van der Waals surface area contributed by atoms with Gasteiger partial charge in [0, 0.05) is 25.5 Å². The fraction of sp³-hybridized carbons (Fsp3) is 0.227. The van der Waals surface area contributed by atoms with Gasteiger partial charge in [0.1, 0.15) is 18.3 Å². The van der Waals surface area contributed by atoms with Gasteiger partial charge in [-0.25, -0.2) is 14.8 Å². The summed E-state index contributed by atoms with van der Waals surface area (Å²) < 4.78 is 9.27. The molecule has 0 N–H and O–H groups in total. The Morgan fingerprint density at radius 3 is 2.61 bits per heavy atom. The standard InChI is InChI=1S/C22H19ClN6O4/c1-26-20-19(21(31)27(2)22(26)32)28(12-24-20)11-18(30)29-16(17-4-3-9-33-17)10-15(25-29)13-5-7-14(23)8-6-13/h3-9,12,16H,10-11H2,1-2H3/t16-/m1/s1. The normalized spacial score (nSPS) is 15.9. The van der Waals surface area contributed by atoms with E-state index in [0.717, 1.165) is 15.8 Å². The molecule has 33 heavy (non-hydrogen) atoms. The van der Waals surface area contributed by atoms with Gasteiger partial charge in [0.2, 0.25) is 0 Å². The van der Waals surface area contributed by atoms with E-state index in [0.29, 0.717) is 17.2 Å². The smallest absolute Gasteiger partial charge is 0.332 e. The number of aromatic nitrogens is 4. The second kappa shape index (κ2) is 7.89. The lowest BCUT2D eigenvalue weighted by molar-refractivity contribution is -0.133. The lowest BCUT2D eigenvalue weighted by Gasteiger charge is -2.20. The molecule has 168 valence electrons. The highest BCUT2D eigenvalue weighted by Gasteiger charge is 2.35. The molecule has 1 aliphatic rings. The molecule has 0 bridgehead atoms. The van der Waals surface area contributed by atoms with Gasteiger partial charge in [-0.05, 0) is 29.8 Å². The van der Waals surface area contributed by atoms with E-state index in [2.05, 4.69) is 10.1 Å². The number of halogens is 1. The molecule has 0 radical (unpaired) electrons. The first kappa shape index (κ1) is 21.0. The van der Waals surface area contributed by atoms with E-state index in [1.807, 2.05) is 12.1 Å². The van der Waals surface area contributed by atoms with E-state index in [4.69, 9.17) is 16.0 Å². The summed E-state index contributed by atoms with van der Waals surface area (Å²) in [7, 11) is 2.92. The molecule has 4 aromatic rings. The number of hydrogen-bond donors (Lipinski definition) is 0. The van der Waals surface area contributed by atoms with Gasteiger partial charge in [0.15, 0.2) is 11.2 Å². The number of hydrogen-bond acceptors (Lipinski definition) is 6. The van der Waals surface area contributed by atoms with Crippen LogP contribution in [0, 0.1) is 0 Å². The summed E-state index contributed by atoms with van der Waals surface area (Å²) >= 11 is 6.00. The molecule has 1 aliphatic heterocycles. The lowest BCUT2D eigenvalue weighted by Crippen LogP contribution is -2.38. The minimum atomic E-state index is -0.521. The molecule has 1 amide bonds. The first-order chi connectivity index (χ1) is 15.8. The van der Waals surface area contributed by atoms with Gasteiger partial charge >= 0.3 is 5.69 Å². The number of aryl methyl sites for hydroxylation is 1. The van der Waals surface area contributed by atoms with Gasteiger partial charge in [0.05, 0.1) is 18.3 Å². The van der Waals surface area contributed by atoms with Crippen molar-refractivity contribution >= 4 is 34.4 Å². The van der Waals surface area contributed by atoms with E-state index < -0.39 is 17.3 Å². The third-order valence-corrected chi connectivity index (χ3v) is 5.99. The lowest BCUT2D eigenvalue weighted by atomic mass is 10.0. The molecule has 0 unspecified atom stereocenters. The number of hydrazone groups is 1. The zero-order valence-corrected chi connectivity index (χ0v) is 18.6. The Morgan fingerprint density at radius 1 is 1.15 bits per heavy atom. The molecule has 0 spiro atoms. The highest BCUT2D eigenvalue weighted by Crippen LogP contribution is 2.33. The molecule has 0 saturated carbocycles. The van der Waals surface area contributed by atoms with Crippen LogP contribution in [0.2, 0.25) is 5.02 Å². The molecule has 0 saturated heterocycles. The van der Waals surface area contributed by atoms with Crippen LogP contribution in [0.5, 0.6) is 0 Å². The molecule has 1 aromatic carbocycles. The SMILES string of the molecule is Cn1c(=O)c2c(ncn2CC(=O)N2N=C(c3ccc(Cl)cc3)C[C@@H]2c2ccco2)n(C)c1=O. The molecular weight excluding hydrogens is 448 g/mol. The van der Waals surface area contributed by atoms with E-state index in [9.17, 15) is 14.4 Å². The number of imidazole rings is 1. The number of benzene rings is 1. The van der Waals surface area contributed by atoms with Crippen molar-refractivity contribution in [1.29, 1.82) is 0 Å². The van der Waals surface area contributed by atoms with Crippen LogP contribution in [-0.2, 0) is 25.4 Å². The van der Waals surface area contributed by atoms with Crippen LogP contribution in [0.25, 0.3) is 11.2 Å². The topological polar surface area (TPSA) is 108 Å². The molecule has 0 aliphatic carbocycles. The average Bonchev–Trinajstić information content (AvgIpc) is 3.56. The minimum Gasteiger partial charge on any atom is -0.467 e. The van der Waals surface area contributed by atoms with Crippen LogP contribution in [0.1, 0.15) is 23.8 Å². The quantitative estimate of drug-likeness (QED) is 0.457. The fourth-order valence-electron chi connectivity index (χ4n) is 3.99. The zero-order valence-electron chi connectivity index (χ0n) is 17.8. The molecule has 5 rings (SSSR count). The van der Waals surface area contributed by atoms with Crippen LogP contribution in [-0.4, -0.2) is 35.3 Å². The van der Waals surface area contributed by atoms with E-state index >= 15 is 0 Å². The summed E-state index contributed by atoms with van der Waals surface area (Å²) in [6, 6.07) is 10.4. The maximum absolute atomic E-state index is 13.4. The highest BCUT2D eigenvalue weighted by molar-refractivity contribution is 6.30. The second-order valence-electron chi connectivity index (χ2n) is 7.78. The predicted molar refractivity (Wildman–Crippen MR) is 121 cm³/mol. The van der Waals surface area contributed by atoms with Crippen molar-refractivity contribution in [3.8, 4) is 0 Å². The maximum Gasteiger partial charge on any atom is 0.332 e. The average molecular weight is 467 g/mol. The van der Waals surface area contributed by atoms with Gasteiger partial charge in [-0.1, -0.05) is 23.7 Å². The summed E-state index contributed by atoms with van der Waals surface area (Å²) in [6.07, 6.45) is 3.39. The van der Waals surface area contributed by atoms with Crippen molar-refractivity contribution in [1.82, 2.24) is 23.7 Å². The van der Waals surface area contributed by atoms with Crippen molar-refractivity contribution in [3.05, 3.63) is 86.2 Å². The third kappa shape index (κ3) is 3.48. The monoisotopic (exact) mass is 466 g/mol. The van der Waals surface area contributed by atoms with E-state index in [1.165, 1.54) is 34.6 Å². The molecule has 1 atom stereocenters. The number of furan rings is 1. The van der Waals surface area contributed by atoms with Crippen LogP contribution in [0.15, 0.2) is 68.1 Å². The number of carbonyl (C=O) groups excluding carboxylic acids is 1. The largest absolute Gasteiger partial charge is 0.467 e. The van der Waals surface area contributed by atoms with Crippen LogP contribution < -0.4 is 11.2 Å². The molecule has 3 aromatic heterocycles. The summed E-state index contributed by atoms with van der Waals surface area (Å²) in [5.74, 6) is 0.250. The maximum atomic E-state index is 13.4. The first-order valence-electron chi connectivity index (χ1n) is 10.1. The van der Waals surface area contributed by atoms with Crippen molar-refractivity contribution in [2.24, 2.45) is 19.2 Å². The molecule has 11 heteroatoms. The Morgan fingerprint density at radius 2 is 1.91 bits per heavy atom. The summed E-state index contributed by atoms with van der Waals surface area (Å²) in [5.41, 5.74) is 0.943. The van der Waals surface area contributed by atoms with Gasteiger partial charge in [-0.3, -0.25) is 18.7 Å². The van der Waals surface area contributed by atoms with Gasteiger partial charge in [-0.2, -0.15) is 5.10 Å². The van der Waals surface area contributed by atoms with Gasteiger partial charge < -0.3 is 8.98 Å². The Balaban J connectivity index is 1.52. The number of nitrogens with zero attached hydrogens (tertiary/aromatic N) is 6. The molecule has 4 heterocycles. The van der Waals surface area contributed by atoms with Crippen molar-refractivity contribution in [2.45, 2.75) is 19.0 Å². The predicted octanol–water partition coefficient (Wildman–Crippen LogP) is 2.06. The number of fused-ring (bicyclic) bond motifs is 1. The van der Waals surface area contributed by atoms with Crippen LogP contribution >= 0.6 is 11.6 Å². The zero-order chi connectivity index (χ0) is 23.3. The van der Waals surface area contributed by atoms with Crippen molar-refractivity contribution in [2.75, 3.05) is 0 Å². The molecule has 0 fully saturated rings. The summed E-state index contributed by atoms with van der Waals surface area (Å²) in [4.78, 5) is 42.4. The highest BCUT2D eigenvalue weighted by atomic mass is 35.5.